The van der Waals surface area contributed by atoms with Gasteiger partial charge in [0.2, 0.25) is 0 Å². The van der Waals surface area contributed by atoms with Gasteiger partial charge in [-0.15, -0.1) is 0 Å². The molecule has 2 N–H and O–H groups in total. The molecule has 76 valence electrons. The molecule has 0 atom stereocenters. The second-order valence-corrected chi connectivity index (χ2v) is 3.11. The molecule has 0 aromatic carbocycles. The molecule has 0 aliphatic heterocycles. The summed E-state index contributed by atoms with van der Waals surface area (Å²) in [6, 6.07) is 0. The standard InChI is InChI=1S/C9H15N5/c1-5-11-7-8(10)12-6(2)13-9(7)14(3)4/h5H,1-4H3,(H2,10,12,13)/b11-5-. The van der Waals surface area contributed by atoms with Crippen molar-refractivity contribution in [2.45, 2.75) is 13.8 Å². The first kappa shape index (κ1) is 10.4. The highest BCUT2D eigenvalue weighted by Gasteiger charge is 2.10. The largest absolute Gasteiger partial charge is 0.382 e. The maximum atomic E-state index is 5.75. The van der Waals surface area contributed by atoms with Crippen LogP contribution in [0.5, 0.6) is 0 Å². The van der Waals surface area contributed by atoms with Crippen LogP contribution in [0, 0.1) is 6.92 Å². The summed E-state index contributed by atoms with van der Waals surface area (Å²) >= 11 is 0. The fourth-order valence-corrected chi connectivity index (χ4v) is 1.14. The third kappa shape index (κ3) is 1.99. The van der Waals surface area contributed by atoms with Crippen LogP contribution >= 0.6 is 0 Å². The van der Waals surface area contributed by atoms with Gasteiger partial charge in [-0.3, -0.25) is 4.99 Å². The number of rotatable bonds is 2. The van der Waals surface area contributed by atoms with Crippen LogP contribution in [-0.4, -0.2) is 30.3 Å². The van der Waals surface area contributed by atoms with E-state index in [0.717, 1.165) is 5.82 Å². The van der Waals surface area contributed by atoms with Crippen LogP contribution in [0.3, 0.4) is 0 Å². The quantitative estimate of drug-likeness (QED) is 0.715. The minimum absolute atomic E-state index is 0.416. The monoisotopic (exact) mass is 193 g/mol. The van der Waals surface area contributed by atoms with E-state index in [2.05, 4.69) is 15.0 Å². The Balaban J connectivity index is 3.36. The van der Waals surface area contributed by atoms with Gasteiger partial charge in [-0.2, -0.15) is 0 Å². The van der Waals surface area contributed by atoms with E-state index < -0.39 is 0 Å². The fraction of sp³-hybridized carbons (Fsp3) is 0.444. The SMILES string of the molecule is C/C=N\c1c(N)nc(C)nc1N(C)C. The second-order valence-electron chi connectivity index (χ2n) is 3.11. The van der Waals surface area contributed by atoms with Crippen molar-refractivity contribution in [3.05, 3.63) is 5.82 Å². The van der Waals surface area contributed by atoms with Crippen LogP contribution in [0.25, 0.3) is 0 Å². The third-order valence-corrected chi connectivity index (χ3v) is 1.69. The summed E-state index contributed by atoms with van der Waals surface area (Å²) in [6.45, 7) is 3.64. The number of aromatic nitrogens is 2. The van der Waals surface area contributed by atoms with Crippen LogP contribution in [0.4, 0.5) is 17.3 Å². The lowest BCUT2D eigenvalue weighted by Crippen LogP contribution is -2.13. The number of nitrogen functional groups attached to an aromatic ring is 1. The van der Waals surface area contributed by atoms with E-state index in [-0.39, 0.29) is 0 Å². The molecule has 0 saturated carbocycles. The average molecular weight is 193 g/mol. The molecule has 1 aromatic heterocycles. The molecule has 0 spiro atoms. The lowest BCUT2D eigenvalue weighted by Gasteiger charge is -2.15. The molecule has 5 heteroatoms. The van der Waals surface area contributed by atoms with Crippen LogP contribution in [0.2, 0.25) is 0 Å². The van der Waals surface area contributed by atoms with Crippen molar-refractivity contribution >= 4 is 23.5 Å². The Labute approximate surface area is 83.7 Å². The minimum Gasteiger partial charge on any atom is -0.382 e. The normalized spacial score (nSPS) is 10.9. The van der Waals surface area contributed by atoms with E-state index in [1.54, 1.807) is 6.21 Å². The highest BCUT2D eigenvalue weighted by atomic mass is 15.2. The Morgan fingerprint density at radius 3 is 2.50 bits per heavy atom. The molecular weight excluding hydrogens is 178 g/mol. The second kappa shape index (κ2) is 4.04. The molecule has 5 nitrogen and oxygen atoms in total. The summed E-state index contributed by atoms with van der Waals surface area (Å²) in [4.78, 5) is 14.4. The summed E-state index contributed by atoms with van der Waals surface area (Å²) in [5.74, 6) is 1.81. The van der Waals surface area contributed by atoms with Gasteiger partial charge in [0.25, 0.3) is 0 Å². The molecule has 0 aliphatic carbocycles. The summed E-state index contributed by atoms with van der Waals surface area (Å²) in [5.41, 5.74) is 6.38. The molecule has 0 saturated heterocycles. The van der Waals surface area contributed by atoms with E-state index in [1.165, 1.54) is 0 Å². The van der Waals surface area contributed by atoms with Crippen molar-refractivity contribution in [2.24, 2.45) is 4.99 Å². The number of nitrogens with zero attached hydrogens (tertiary/aromatic N) is 4. The van der Waals surface area contributed by atoms with Gasteiger partial charge in [0.05, 0.1) is 0 Å². The van der Waals surface area contributed by atoms with E-state index in [9.17, 15) is 0 Å². The van der Waals surface area contributed by atoms with Gasteiger partial charge < -0.3 is 10.6 Å². The smallest absolute Gasteiger partial charge is 0.160 e. The van der Waals surface area contributed by atoms with Crippen LogP contribution in [-0.2, 0) is 0 Å². The first-order valence-electron chi connectivity index (χ1n) is 4.36. The lowest BCUT2D eigenvalue weighted by atomic mass is 10.4. The van der Waals surface area contributed by atoms with Crippen LogP contribution in [0.1, 0.15) is 12.7 Å². The van der Waals surface area contributed by atoms with Gasteiger partial charge in [0.15, 0.2) is 11.6 Å². The highest BCUT2D eigenvalue weighted by Crippen LogP contribution is 2.29. The molecule has 0 bridgehead atoms. The van der Waals surface area contributed by atoms with Crippen LogP contribution in [0.15, 0.2) is 4.99 Å². The maximum Gasteiger partial charge on any atom is 0.160 e. The Hall–Kier alpha value is -1.65. The summed E-state index contributed by atoms with van der Waals surface area (Å²) in [6.07, 6.45) is 1.68. The average Bonchev–Trinajstić information content (AvgIpc) is 2.09. The van der Waals surface area contributed by atoms with Crippen LogP contribution < -0.4 is 10.6 Å². The van der Waals surface area contributed by atoms with Crippen molar-refractivity contribution in [3.8, 4) is 0 Å². The molecule has 0 radical (unpaired) electrons. The van der Waals surface area contributed by atoms with Gasteiger partial charge in [-0.25, -0.2) is 9.97 Å². The van der Waals surface area contributed by atoms with E-state index in [1.807, 2.05) is 32.8 Å². The fourth-order valence-electron chi connectivity index (χ4n) is 1.14. The van der Waals surface area contributed by atoms with E-state index in [0.29, 0.717) is 17.3 Å². The number of aryl methyl sites for hydroxylation is 1. The van der Waals surface area contributed by atoms with Gasteiger partial charge >= 0.3 is 0 Å². The van der Waals surface area contributed by atoms with E-state index >= 15 is 0 Å². The molecule has 1 rings (SSSR count). The van der Waals surface area contributed by atoms with Gasteiger partial charge in [0, 0.05) is 20.3 Å². The number of aliphatic imine (C=N–C) groups is 1. The third-order valence-electron chi connectivity index (χ3n) is 1.69. The maximum absolute atomic E-state index is 5.75. The van der Waals surface area contributed by atoms with E-state index in [4.69, 9.17) is 5.73 Å². The van der Waals surface area contributed by atoms with Crippen molar-refractivity contribution in [1.29, 1.82) is 0 Å². The van der Waals surface area contributed by atoms with Gasteiger partial charge in [-0.05, 0) is 13.8 Å². The molecule has 1 heterocycles. The minimum atomic E-state index is 0.416. The molecule has 0 amide bonds. The predicted octanol–water partition coefficient (Wildman–Crippen LogP) is 1.16. The van der Waals surface area contributed by atoms with Gasteiger partial charge in [-0.1, -0.05) is 0 Å². The summed E-state index contributed by atoms with van der Waals surface area (Å²) in [7, 11) is 3.80. The van der Waals surface area contributed by atoms with Crippen molar-refractivity contribution in [2.75, 3.05) is 24.7 Å². The Bertz CT molecular complexity index is 356. The van der Waals surface area contributed by atoms with Crippen molar-refractivity contribution < 1.29 is 0 Å². The molecular formula is C9H15N5. The first-order valence-corrected chi connectivity index (χ1v) is 4.36. The topological polar surface area (TPSA) is 67.4 Å². The highest BCUT2D eigenvalue weighted by molar-refractivity contribution is 5.77. The number of anilines is 2. The number of hydrogen-bond donors (Lipinski definition) is 1. The summed E-state index contributed by atoms with van der Waals surface area (Å²) < 4.78 is 0. The van der Waals surface area contributed by atoms with Gasteiger partial charge in [0.1, 0.15) is 11.5 Å². The first-order chi connectivity index (χ1) is 6.56. The lowest BCUT2D eigenvalue weighted by molar-refractivity contribution is 0.992. The number of nitrogens with two attached hydrogens (primary N) is 1. The molecule has 0 fully saturated rings. The molecule has 0 unspecified atom stereocenters. The zero-order chi connectivity index (χ0) is 10.7. The zero-order valence-corrected chi connectivity index (χ0v) is 8.94. The number of hydrogen-bond acceptors (Lipinski definition) is 5. The predicted molar refractivity (Wildman–Crippen MR) is 59.3 cm³/mol. The molecule has 0 aliphatic rings. The Kier molecular flexibility index (Phi) is 3.01. The summed E-state index contributed by atoms with van der Waals surface area (Å²) in [5, 5.41) is 0. The Morgan fingerprint density at radius 1 is 1.36 bits per heavy atom. The molecule has 1 aromatic rings. The van der Waals surface area contributed by atoms with Crippen molar-refractivity contribution in [1.82, 2.24) is 9.97 Å². The molecule has 14 heavy (non-hydrogen) atoms. The zero-order valence-electron chi connectivity index (χ0n) is 8.94. The Morgan fingerprint density at radius 2 is 2.00 bits per heavy atom. The van der Waals surface area contributed by atoms with Crippen molar-refractivity contribution in [3.63, 3.8) is 0 Å².